The van der Waals surface area contributed by atoms with E-state index < -0.39 is 6.10 Å². The van der Waals surface area contributed by atoms with Gasteiger partial charge in [-0.3, -0.25) is 4.79 Å². The van der Waals surface area contributed by atoms with Gasteiger partial charge in [0.1, 0.15) is 0 Å². The van der Waals surface area contributed by atoms with E-state index >= 15 is 0 Å². The molecule has 1 rings (SSSR count). The van der Waals surface area contributed by atoms with Crippen LogP contribution in [0.5, 0.6) is 0 Å². The number of aromatic nitrogens is 1. The molecular formula is C8H10INO2. The fraction of sp³-hybridized carbons (Fsp3) is 0.375. The van der Waals surface area contributed by atoms with E-state index in [1.165, 1.54) is 6.07 Å². The van der Waals surface area contributed by atoms with E-state index in [0.717, 1.165) is 3.70 Å². The predicted molar refractivity (Wildman–Crippen MR) is 55.0 cm³/mol. The maximum absolute atomic E-state index is 11.0. The summed E-state index contributed by atoms with van der Waals surface area (Å²) in [6, 6.07) is 3.20. The Balaban J connectivity index is 3.08. The number of nitrogens with one attached hydrogen (secondary N) is 1. The molecule has 0 aliphatic rings. The van der Waals surface area contributed by atoms with Crippen molar-refractivity contribution in [1.82, 2.24) is 4.98 Å². The molecule has 0 radical (unpaired) electrons. The van der Waals surface area contributed by atoms with Gasteiger partial charge in [-0.2, -0.15) is 0 Å². The summed E-state index contributed by atoms with van der Waals surface area (Å²) in [5.41, 5.74) is 0.523. The van der Waals surface area contributed by atoms with Crippen molar-refractivity contribution in [1.29, 1.82) is 0 Å². The Morgan fingerprint density at radius 3 is 2.83 bits per heavy atom. The van der Waals surface area contributed by atoms with E-state index in [0.29, 0.717) is 12.0 Å². The molecule has 0 aliphatic heterocycles. The van der Waals surface area contributed by atoms with Gasteiger partial charge in [-0.1, -0.05) is 6.92 Å². The summed E-state index contributed by atoms with van der Waals surface area (Å²) in [4.78, 5) is 13.6. The lowest BCUT2D eigenvalue weighted by Gasteiger charge is -2.06. The third-order valence-corrected chi connectivity index (χ3v) is 2.19. The van der Waals surface area contributed by atoms with Gasteiger partial charge < -0.3 is 10.1 Å². The van der Waals surface area contributed by atoms with Crippen LogP contribution >= 0.6 is 22.6 Å². The number of hydrogen-bond donors (Lipinski definition) is 2. The average Bonchev–Trinajstić information content (AvgIpc) is 2.01. The number of rotatable bonds is 2. The highest BCUT2D eigenvalue weighted by Gasteiger charge is 2.05. The van der Waals surface area contributed by atoms with Crippen molar-refractivity contribution < 1.29 is 5.11 Å². The van der Waals surface area contributed by atoms with Crippen LogP contribution in [0.4, 0.5) is 0 Å². The largest absolute Gasteiger partial charge is 0.388 e. The highest BCUT2D eigenvalue weighted by atomic mass is 127. The van der Waals surface area contributed by atoms with Crippen LogP contribution in [0.1, 0.15) is 25.0 Å². The van der Waals surface area contributed by atoms with Crippen LogP contribution in [-0.2, 0) is 0 Å². The van der Waals surface area contributed by atoms with Gasteiger partial charge in [0.15, 0.2) is 0 Å². The summed E-state index contributed by atoms with van der Waals surface area (Å²) in [5.74, 6) is 0. The van der Waals surface area contributed by atoms with E-state index in [1.54, 1.807) is 6.07 Å². The number of halogens is 1. The second-order valence-electron chi connectivity index (χ2n) is 2.55. The Kier molecular flexibility index (Phi) is 3.28. The molecule has 4 heteroatoms. The second-order valence-corrected chi connectivity index (χ2v) is 3.71. The summed E-state index contributed by atoms with van der Waals surface area (Å²) in [6.45, 7) is 1.87. The van der Waals surface area contributed by atoms with E-state index in [4.69, 9.17) is 0 Å². The maximum atomic E-state index is 11.0. The van der Waals surface area contributed by atoms with Crippen molar-refractivity contribution in [2.24, 2.45) is 0 Å². The topological polar surface area (TPSA) is 53.1 Å². The van der Waals surface area contributed by atoms with Crippen LogP contribution in [0, 0.1) is 3.70 Å². The zero-order chi connectivity index (χ0) is 9.14. The molecule has 1 aromatic heterocycles. The molecule has 66 valence electrons. The maximum Gasteiger partial charge on any atom is 0.249 e. The molecule has 2 N–H and O–H groups in total. The molecule has 0 aromatic carbocycles. The first kappa shape index (κ1) is 9.73. The highest BCUT2D eigenvalue weighted by Crippen LogP contribution is 2.14. The lowest BCUT2D eigenvalue weighted by molar-refractivity contribution is 0.173. The van der Waals surface area contributed by atoms with E-state index in [1.807, 2.05) is 29.5 Å². The zero-order valence-electron chi connectivity index (χ0n) is 6.67. The van der Waals surface area contributed by atoms with E-state index in [9.17, 15) is 9.90 Å². The lowest BCUT2D eigenvalue weighted by atomic mass is 10.1. The second kappa shape index (κ2) is 4.04. The normalized spacial score (nSPS) is 12.9. The summed E-state index contributed by atoms with van der Waals surface area (Å²) in [7, 11) is 0. The molecule has 1 aromatic rings. The van der Waals surface area contributed by atoms with Gasteiger partial charge >= 0.3 is 0 Å². The number of aliphatic hydroxyl groups is 1. The molecular weight excluding hydrogens is 269 g/mol. The first-order valence-corrected chi connectivity index (χ1v) is 4.79. The Labute approximate surface area is 84.0 Å². The minimum absolute atomic E-state index is 0.163. The first-order valence-electron chi connectivity index (χ1n) is 3.71. The molecule has 0 bridgehead atoms. The van der Waals surface area contributed by atoms with Gasteiger partial charge in [0.05, 0.1) is 9.80 Å². The molecule has 3 nitrogen and oxygen atoms in total. The summed E-state index contributed by atoms with van der Waals surface area (Å²) in [6.07, 6.45) is 0.0975. The third-order valence-electron chi connectivity index (χ3n) is 1.61. The van der Waals surface area contributed by atoms with Crippen LogP contribution in [0.3, 0.4) is 0 Å². The van der Waals surface area contributed by atoms with Crippen LogP contribution in [0.25, 0.3) is 0 Å². The summed E-state index contributed by atoms with van der Waals surface area (Å²) in [5, 5.41) is 9.42. The van der Waals surface area contributed by atoms with Gasteiger partial charge in [-0.25, -0.2) is 0 Å². The monoisotopic (exact) mass is 279 g/mol. The van der Waals surface area contributed by atoms with Gasteiger partial charge in [-0.15, -0.1) is 0 Å². The Hall–Kier alpha value is -0.360. The highest BCUT2D eigenvalue weighted by molar-refractivity contribution is 14.1. The van der Waals surface area contributed by atoms with Crippen molar-refractivity contribution in [2.45, 2.75) is 19.4 Å². The van der Waals surface area contributed by atoms with Crippen molar-refractivity contribution in [3.63, 3.8) is 0 Å². The van der Waals surface area contributed by atoms with Gasteiger partial charge in [0.2, 0.25) is 5.56 Å². The van der Waals surface area contributed by atoms with E-state index in [-0.39, 0.29) is 5.56 Å². The van der Waals surface area contributed by atoms with Crippen LogP contribution in [-0.4, -0.2) is 10.1 Å². The standard InChI is InChI=1S/C8H10INO2/c1-2-6(11)5-3-7(9)10-8(12)4-5/h3-4,6,11H,2H2,1H3,(H,10,12). The zero-order valence-corrected chi connectivity index (χ0v) is 8.83. The molecule has 1 atom stereocenters. The quantitative estimate of drug-likeness (QED) is 0.635. The molecule has 0 amide bonds. The first-order chi connectivity index (χ1) is 5.63. The Morgan fingerprint density at radius 1 is 1.67 bits per heavy atom. The fourth-order valence-corrected chi connectivity index (χ4v) is 1.58. The molecule has 0 fully saturated rings. The Bertz CT molecular complexity index is 321. The SMILES string of the molecule is CCC(O)c1cc(I)[nH]c(=O)c1. The molecule has 1 heterocycles. The van der Waals surface area contributed by atoms with E-state index in [2.05, 4.69) is 4.98 Å². The van der Waals surface area contributed by atoms with Crippen LogP contribution in [0.15, 0.2) is 16.9 Å². The molecule has 0 aliphatic carbocycles. The molecule has 0 saturated heterocycles. The van der Waals surface area contributed by atoms with Crippen molar-refractivity contribution >= 4 is 22.6 Å². The summed E-state index contributed by atoms with van der Waals surface area (Å²) >= 11 is 2.01. The summed E-state index contributed by atoms with van der Waals surface area (Å²) < 4.78 is 0.752. The third kappa shape index (κ3) is 2.31. The van der Waals surface area contributed by atoms with Gasteiger partial charge in [0.25, 0.3) is 0 Å². The number of aromatic amines is 1. The molecule has 12 heavy (non-hydrogen) atoms. The lowest BCUT2D eigenvalue weighted by Crippen LogP contribution is -2.09. The minimum atomic E-state index is -0.527. The molecule has 1 unspecified atom stereocenters. The predicted octanol–water partition coefficient (Wildman–Crippen LogP) is 1.42. The Morgan fingerprint density at radius 2 is 2.33 bits per heavy atom. The average molecular weight is 279 g/mol. The number of H-pyrrole nitrogens is 1. The van der Waals surface area contributed by atoms with Gasteiger partial charge in [-0.05, 0) is 40.6 Å². The minimum Gasteiger partial charge on any atom is -0.388 e. The van der Waals surface area contributed by atoms with Crippen molar-refractivity contribution in [3.8, 4) is 0 Å². The number of pyridine rings is 1. The van der Waals surface area contributed by atoms with Crippen LogP contribution in [0.2, 0.25) is 0 Å². The van der Waals surface area contributed by atoms with Crippen molar-refractivity contribution in [2.75, 3.05) is 0 Å². The van der Waals surface area contributed by atoms with Crippen molar-refractivity contribution in [3.05, 3.63) is 31.8 Å². The molecule has 0 saturated carbocycles. The van der Waals surface area contributed by atoms with Crippen LogP contribution < -0.4 is 5.56 Å². The number of aliphatic hydroxyl groups excluding tert-OH is 1. The molecule has 0 spiro atoms. The number of hydrogen-bond acceptors (Lipinski definition) is 2. The van der Waals surface area contributed by atoms with Gasteiger partial charge in [0, 0.05) is 6.07 Å². The smallest absolute Gasteiger partial charge is 0.249 e. The fourth-order valence-electron chi connectivity index (χ4n) is 0.957.